The Hall–Kier alpha value is -1.31. The molecule has 1 aromatic heterocycles. The molecule has 18 heavy (non-hydrogen) atoms. The van der Waals surface area contributed by atoms with Crippen LogP contribution in [-0.2, 0) is 16.0 Å². The third-order valence-electron chi connectivity index (χ3n) is 2.74. The van der Waals surface area contributed by atoms with Crippen LogP contribution in [0, 0.1) is 0 Å². The second-order valence-electron chi connectivity index (χ2n) is 4.04. The smallest absolute Gasteiger partial charge is 0.355 e. The van der Waals surface area contributed by atoms with Gasteiger partial charge in [-0.2, -0.15) is 13.2 Å². The molecule has 1 fully saturated rings. The van der Waals surface area contributed by atoms with E-state index in [1.54, 1.807) is 4.90 Å². The van der Waals surface area contributed by atoms with E-state index in [4.69, 9.17) is 0 Å². The molecule has 2 heterocycles. The molecule has 0 bridgehead atoms. The zero-order chi connectivity index (χ0) is 13.4. The molecule has 8 heteroatoms. The normalized spacial score (nSPS) is 19.8. The Labute approximate surface area is 102 Å². The monoisotopic (exact) mass is 280 g/mol. The van der Waals surface area contributed by atoms with E-state index in [9.17, 15) is 21.6 Å². The summed E-state index contributed by atoms with van der Waals surface area (Å²) in [6, 6.07) is 2.21. The fraction of sp³-hybridized carbons (Fsp3) is 0.500. The molecule has 2 rings (SSSR count). The SMILES string of the molecule is O=S1(=O)CCN(c2ccc(C(F)(F)F)cn2)CC1. The van der Waals surface area contributed by atoms with E-state index in [0.29, 0.717) is 5.82 Å². The zero-order valence-corrected chi connectivity index (χ0v) is 10.1. The van der Waals surface area contributed by atoms with Crippen LogP contribution in [0.5, 0.6) is 0 Å². The number of hydrogen-bond acceptors (Lipinski definition) is 4. The molecule has 0 saturated carbocycles. The van der Waals surface area contributed by atoms with E-state index in [2.05, 4.69) is 4.98 Å². The van der Waals surface area contributed by atoms with Crippen molar-refractivity contribution in [2.45, 2.75) is 6.18 Å². The number of aromatic nitrogens is 1. The molecule has 1 aromatic rings. The molecule has 0 spiro atoms. The first-order valence-electron chi connectivity index (χ1n) is 5.26. The fourth-order valence-electron chi connectivity index (χ4n) is 1.68. The molecule has 4 nitrogen and oxygen atoms in total. The third-order valence-corrected chi connectivity index (χ3v) is 4.35. The summed E-state index contributed by atoms with van der Waals surface area (Å²) in [6.07, 6.45) is -3.64. The van der Waals surface area contributed by atoms with E-state index >= 15 is 0 Å². The molecule has 1 aliphatic heterocycles. The molecule has 100 valence electrons. The molecule has 1 saturated heterocycles. The van der Waals surface area contributed by atoms with Crippen molar-refractivity contribution in [1.82, 2.24) is 4.98 Å². The Balaban J connectivity index is 2.12. The third kappa shape index (κ3) is 2.92. The number of hydrogen-bond donors (Lipinski definition) is 0. The molecule has 0 aliphatic carbocycles. The fourth-order valence-corrected chi connectivity index (χ4v) is 2.88. The van der Waals surface area contributed by atoms with Gasteiger partial charge in [0.25, 0.3) is 0 Å². The summed E-state index contributed by atoms with van der Waals surface area (Å²) in [5, 5.41) is 0. The van der Waals surface area contributed by atoms with Crippen molar-refractivity contribution in [3.63, 3.8) is 0 Å². The van der Waals surface area contributed by atoms with Gasteiger partial charge >= 0.3 is 6.18 Å². The molecular formula is C10H11F3N2O2S. The van der Waals surface area contributed by atoms with Crippen molar-refractivity contribution in [2.75, 3.05) is 29.5 Å². The highest BCUT2D eigenvalue weighted by molar-refractivity contribution is 7.91. The van der Waals surface area contributed by atoms with Crippen molar-refractivity contribution >= 4 is 15.7 Å². The lowest BCUT2D eigenvalue weighted by molar-refractivity contribution is -0.137. The van der Waals surface area contributed by atoms with Crippen LogP contribution in [0.2, 0.25) is 0 Å². The number of alkyl halides is 3. The lowest BCUT2D eigenvalue weighted by Gasteiger charge is -2.27. The molecule has 0 unspecified atom stereocenters. The summed E-state index contributed by atoms with van der Waals surface area (Å²) >= 11 is 0. The minimum absolute atomic E-state index is 0.00963. The van der Waals surface area contributed by atoms with Crippen molar-refractivity contribution < 1.29 is 21.6 Å². The molecular weight excluding hydrogens is 269 g/mol. The first-order chi connectivity index (χ1) is 8.28. The van der Waals surface area contributed by atoms with Crippen molar-refractivity contribution in [3.05, 3.63) is 23.9 Å². The lowest BCUT2D eigenvalue weighted by Crippen LogP contribution is -2.40. The molecule has 0 amide bonds. The molecule has 0 N–H and O–H groups in total. The summed E-state index contributed by atoms with van der Waals surface area (Å²) in [5.74, 6) is 0.392. The van der Waals surface area contributed by atoms with Gasteiger partial charge in [-0.3, -0.25) is 0 Å². The van der Waals surface area contributed by atoms with E-state index in [1.165, 1.54) is 6.07 Å². The van der Waals surface area contributed by atoms with Gasteiger partial charge in [0.1, 0.15) is 5.82 Å². The van der Waals surface area contributed by atoms with Gasteiger partial charge in [0.2, 0.25) is 0 Å². The number of rotatable bonds is 1. The van der Waals surface area contributed by atoms with Crippen LogP contribution >= 0.6 is 0 Å². The summed E-state index contributed by atoms with van der Waals surface area (Å²) in [5.41, 5.74) is -0.809. The Morgan fingerprint density at radius 1 is 1.17 bits per heavy atom. The highest BCUT2D eigenvalue weighted by Gasteiger charge is 2.31. The first kappa shape index (κ1) is 13.1. The van der Waals surface area contributed by atoms with E-state index in [-0.39, 0.29) is 24.6 Å². The second kappa shape index (κ2) is 4.42. The summed E-state index contributed by atoms with van der Waals surface area (Å²) in [6.45, 7) is 0.529. The minimum Gasteiger partial charge on any atom is -0.355 e. The van der Waals surface area contributed by atoms with E-state index in [0.717, 1.165) is 12.3 Å². The van der Waals surface area contributed by atoms with Crippen LogP contribution in [0.3, 0.4) is 0 Å². The van der Waals surface area contributed by atoms with Crippen LogP contribution in [0.1, 0.15) is 5.56 Å². The van der Waals surface area contributed by atoms with Crippen LogP contribution in [-0.4, -0.2) is 38.0 Å². The average Bonchev–Trinajstić information content (AvgIpc) is 2.28. The second-order valence-corrected chi connectivity index (χ2v) is 6.35. The summed E-state index contributed by atoms with van der Waals surface area (Å²) in [4.78, 5) is 5.40. The summed E-state index contributed by atoms with van der Waals surface area (Å²) < 4.78 is 59.4. The minimum atomic E-state index is -4.41. The van der Waals surface area contributed by atoms with Crippen LogP contribution in [0.4, 0.5) is 19.0 Å². The number of sulfone groups is 1. The largest absolute Gasteiger partial charge is 0.417 e. The molecule has 0 radical (unpaired) electrons. The van der Waals surface area contributed by atoms with Crippen LogP contribution in [0.15, 0.2) is 18.3 Å². The maximum absolute atomic E-state index is 12.3. The summed E-state index contributed by atoms with van der Waals surface area (Å²) in [7, 11) is -3.00. The quantitative estimate of drug-likeness (QED) is 0.779. The predicted octanol–water partition coefficient (Wildman–Crippen LogP) is 1.34. The van der Waals surface area contributed by atoms with Gasteiger partial charge in [-0.15, -0.1) is 0 Å². The lowest BCUT2D eigenvalue weighted by atomic mass is 10.2. The number of anilines is 1. The molecule has 1 aliphatic rings. The van der Waals surface area contributed by atoms with Crippen LogP contribution in [0.25, 0.3) is 0 Å². The number of pyridine rings is 1. The topological polar surface area (TPSA) is 50.3 Å². The average molecular weight is 280 g/mol. The van der Waals surface area contributed by atoms with Crippen LogP contribution < -0.4 is 4.90 Å². The maximum atomic E-state index is 12.3. The van der Waals surface area contributed by atoms with Crippen molar-refractivity contribution in [1.29, 1.82) is 0 Å². The van der Waals surface area contributed by atoms with Gasteiger partial charge in [-0.1, -0.05) is 0 Å². The number of nitrogens with zero attached hydrogens (tertiary/aromatic N) is 2. The van der Waals surface area contributed by atoms with Gasteiger partial charge in [-0.05, 0) is 12.1 Å². The Kier molecular flexibility index (Phi) is 3.22. The molecule has 0 aromatic carbocycles. The van der Waals surface area contributed by atoms with Gasteiger partial charge < -0.3 is 4.90 Å². The van der Waals surface area contributed by atoms with Gasteiger partial charge in [0.15, 0.2) is 9.84 Å². The van der Waals surface area contributed by atoms with E-state index in [1.807, 2.05) is 0 Å². The van der Waals surface area contributed by atoms with Crippen molar-refractivity contribution in [2.24, 2.45) is 0 Å². The van der Waals surface area contributed by atoms with Gasteiger partial charge in [0, 0.05) is 19.3 Å². The van der Waals surface area contributed by atoms with Crippen molar-refractivity contribution in [3.8, 4) is 0 Å². The zero-order valence-electron chi connectivity index (χ0n) is 9.31. The Bertz CT molecular complexity index is 511. The van der Waals surface area contributed by atoms with Gasteiger partial charge in [-0.25, -0.2) is 13.4 Å². The highest BCUT2D eigenvalue weighted by atomic mass is 32.2. The van der Waals surface area contributed by atoms with Gasteiger partial charge in [0.05, 0.1) is 17.1 Å². The predicted molar refractivity (Wildman–Crippen MR) is 60.1 cm³/mol. The number of halogens is 3. The Morgan fingerprint density at radius 3 is 2.22 bits per heavy atom. The highest BCUT2D eigenvalue weighted by Crippen LogP contribution is 2.29. The van der Waals surface area contributed by atoms with E-state index < -0.39 is 21.6 Å². The maximum Gasteiger partial charge on any atom is 0.417 e. The first-order valence-corrected chi connectivity index (χ1v) is 7.09. The molecule has 0 atom stereocenters. The Morgan fingerprint density at radius 2 is 1.78 bits per heavy atom. The standard InChI is InChI=1S/C10H11F3N2O2S/c11-10(12,13)8-1-2-9(14-7-8)15-3-5-18(16,17)6-4-15/h1-2,7H,3-6H2.